The number of amides is 1. The summed E-state index contributed by atoms with van der Waals surface area (Å²) in [6.45, 7) is 1.24. The fourth-order valence-electron chi connectivity index (χ4n) is 2.48. The van der Waals surface area contributed by atoms with E-state index in [2.05, 4.69) is 10.5 Å². The topological polar surface area (TPSA) is 117 Å². The monoisotopic (exact) mass is 368 g/mol. The summed E-state index contributed by atoms with van der Waals surface area (Å²) in [5, 5.41) is 27.1. The first kappa shape index (κ1) is 19.6. The quantitative estimate of drug-likeness (QED) is 0.260. The Kier molecular flexibility index (Phi) is 7.57. The Labute approximate surface area is 150 Å². The summed E-state index contributed by atoms with van der Waals surface area (Å²) in [6.07, 6.45) is 0.960. The summed E-state index contributed by atoms with van der Waals surface area (Å²) in [7, 11) is -1.19. The molecule has 1 fully saturated rings. The van der Waals surface area contributed by atoms with Crippen LogP contribution in [0, 0.1) is 0 Å². The first-order chi connectivity index (χ1) is 12.0. The van der Waals surface area contributed by atoms with Gasteiger partial charge in [-0.15, -0.1) is 11.3 Å². The number of Topliss-reactive ketones (excluding diaryl/α,β-unsaturated/α-hetero) is 1. The normalized spacial score (nSPS) is 21.1. The SMILES string of the molecule is CC(=O)C[C@@H]1CC[C@H](NC(=O)/C(=N\OCCO)c2cccs2)B(O)O1. The van der Waals surface area contributed by atoms with Gasteiger partial charge in [-0.3, -0.25) is 9.59 Å². The molecule has 3 N–H and O–H groups in total. The molecule has 2 heterocycles. The van der Waals surface area contributed by atoms with Crippen LogP contribution in [-0.4, -0.2) is 59.9 Å². The number of hydrogen-bond donors (Lipinski definition) is 3. The summed E-state index contributed by atoms with van der Waals surface area (Å²) in [4.78, 5) is 29.2. The first-order valence-electron chi connectivity index (χ1n) is 7.99. The van der Waals surface area contributed by atoms with E-state index >= 15 is 0 Å². The van der Waals surface area contributed by atoms with E-state index in [0.717, 1.165) is 0 Å². The van der Waals surface area contributed by atoms with E-state index in [1.807, 2.05) is 0 Å². The molecule has 0 aromatic carbocycles. The van der Waals surface area contributed by atoms with Crippen LogP contribution < -0.4 is 5.32 Å². The van der Waals surface area contributed by atoms with Gasteiger partial charge < -0.3 is 24.9 Å². The maximum Gasteiger partial charge on any atom is 0.478 e. The van der Waals surface area contributed by atoms with Gasteiger partial charge in [0.25, 0.3) is 5.91 Å². The zero-order valence-corrected chi connectivity index (χ0v) is 14.7. The lowest BCUT2D eigenvalue weighted by atomic mass is 9.72. The molecule has 1 saturated heterocycles. The minimum absolute atomic E-state index is 0.00664. The Morgan fingerprint density at radius 1 is 1.52 bits per heavy atom. The number of aliphatic hydroxyl groups excluding tert-OH is 1. The fourth-order valence-corrected chi connectivity index (χ4v) is 3.18. The van der Waals surface area contributed by atoms with Gasteiger partial charge >= 0.3 is 7.12 Å². The molecule has 1 aromatic heterocycles. The van der Waals surface area contributed by atoms with Gasteiger partial charge in [0, 0.05) is 12.5 Å². The number of carbonyl (C=O) groups excluding carboxylic acids is 2. The van der Waals surface area contributed by atoms with Crippen molar-refractivity contribution in [3.05, 3.63) is 22.4 Å². The Hall–Kier alpha value is -1.75. The smallest absolute Gasteiger partial charge is 0.426 e. The number of nitrogens with one attached hydrogen (secondary N) is 1. The number of carbonyl (C=O) groups is 2. The summed E-state index contributed by atoms with van der Waals surface area (Å²) < 4.78 is 5.40. The van der Waals surface area contributed by atoms with Crippen LogP contribution in [0.4, 0.5) is 0 Å². The Morgan fingerprint density at radius 3 is 2.92 bits per heavy atom. The van der Waals surface area contributed by atoms with E-state index in [-0.39, 0.29) is 37.2 Å². The van der Waals surface area contributed by atoms with E-state index in [0.29, 0.717) is 17.7 Å². The Morgan fingerprint density at radius 2 is 2.32 bits per heavy atom. The van der Waals surface area contributed by atoms with Gasteiger partial charge in [-0.05, 0) is 31.2 Å². The lowest BCUT2D eigenvalue weighted by Crippen LogP contribution is -2.54. The Balaban J connectivity index is 1.98. The van der Waals surface area contributed by atoms with Gasteiger partial charge in [0.05, 0.1) is 17.4 Å². The summed E-state index contributed by atoms with van der Waals surface area (Å²) in [6, 6.07) is 3.50. The standard InChI is InChI=1S/C15H21BN2O6S/c1-10(20)9-11-4-5-13(16(22)24-11)17-15(21)14(18-23-7-6-19)12-3-2-8-25-12/h2-3,8,11,13,19,22H,4-7,9H2,1H3,(H,17,21)/b18-14-/t11-,13-/m0/s1. The number of nitrogens with zero attached hydrogens (tertiary/aromatic N) is 1. The molecular formula is C15H21BN2O6S. The molecule has 8 nitrogen and oxygen atoms in total. The second kappa shape index (κ2) is 9.66. The first-order valence-corrected chi connectivity index (χ1v) is 8.87. The molecule has 0 radical (unpaired) electrons. The summed E-state index contributed by atoms with van der Waals surface area (Å²) >= 11 is 1.32. The van der Waals surface area contributed by atoms with E-state index in [4.69, 9.17) is 14.6 Å². The van der Waals surface area contributed by atoms with Crippen molar-refractivity contribution in [2.75, 3.05) is 13.2 Å². The van der Waals surface area contributed by atoms with Gasteiger partial charge in [0.2, 0.25) is 0 Å². The summed E-state index contributed by atoms with van der Waals surface area (Å²) in [5.41, 5.74) is 0.0708. The number of ketones is 1. The van der Waals surface area contributed by atoms with E-state index < -0.39 is 19.0 Å². The molecule has 0 unspecified atom stereocenters. The van der Waals surface area contributed by atoms with Gasteiger partial charge in [-0.25, -0.2) is 0 Å². The maximum atomic E-state index is 12.5. The zero-order valence-electron chi connectivity index (χ0n) is 13.9. The molecule has 25 heavy (non-hydrogen) atoms. The molecule has 2 atom stereocenters. The van der Waals surface area contributed by atoms with Crippen molar-refractivity contribution in [1.82, 2.24) is 5.32 Å². The maximum absolute atomic E-state index is 12.5. The molecule has 0 saturated carbocycles. The number of hydrogen-bond acceptors (Lipinski definition) is 8. The van der Waals surface area contributed by atoms with Crippen LogP contribution in [-0.2, 0) is 19.1 Å². The highest BCUT2D eigenvalue weighted by molar-refractivity contribution is 7.13. The largest absolute Gasteiger partial charge is 0.478 e. The van der Waals surface area contributed by atoms with Crippen LogP contribution in [0.5, 0.6) is 0 Å². The Bertz CT molecular complexity index is 609. The van der Waals surface area contributed by atoms with E-state index in [1.54, 1.807) is 17.5 Å². The van der Waals surface area contributed by atoms with Crippen molar-refractivity contribution in [3.63, 3.8) is 0 Å². The van der Waals surface area contributed by atoms with Gasteiger partial charge in [0.1, 0.15) is 12.4 Å². The minimum Gasteiger partial charge on any atom is -0.426 e. The van der Waals surface area contributed by atoms with Crippen LogP contribution in [0.3, 0.4) is 0 Å². The minimum atomic E-state index is -1.19. The fraction of sp³-hybridized carbons (Fsp3) is 0.533. The van der Waals surface area contributed by atoms with Crippen molar-refractivity contribution < 1.29 is 29.2 Å². The lowest BCUT2D eigenvalue weighted by Gasteiger charge is -2.31. The van der Waals surface area contributed by atoms with Crippen molar-refractivity contribution in [2.45, 2.75) is 38.2 Å². The molecule has 0 spiro atoms. The highest BCUT2D eigenvalue weighted by Gasteiger charge is 2.37. The second-order valence-electron chi connectivity index (χ2n) is 5.69. The molecule has 1 aliphatic rings. The molecule has 10 heteroatoms. The second-order valence-corrected chi connectivity index (χ2v) is 6.63. The van der Waals surface area contributed by atoms with Crippen LogP contribution in [0.2, 0.25) is 0 Å². The van der Waals surface area contributed by atoms with Gasteiger partial charge in [-0.2, -0.15) is 0 Å². The van der Waals surface area contributed by atoms with Crippen LogP contribution >= 0.6 is 11.3 Å². The molecule has 1 amide bonds. The predicted octanol–water partition coefficient (Wildman–Crippen LogP) is 0.124. The number of rotatable bonds is 8. The average Bonchev–Trinajstić information content (AvgIpc) is 3.07. The van der Waals surface area contributed by atoms with Crippen LogP contribution in [0.15, 0.2) is 22.7 Å². The highest BCUT2D eigenvalue weighted by atomic mass is 32.1. The number of aliphatic hydroxyl groups is 1. The van der Waals surface area contributed by atoms with Crippen molar-refractivity contribution in [1.29, 1.82) is 0 Å². The van der Waals surface area contributed by atoms with Gasteiger partial charge in [0.15, 0.2) is 5.71 Å². The third kappa shape index (κ3) is 5.93. The summed E-state index contributed by atoms with van der Waals surface area (Å²) in [5.74, 6) is -1.11. The van der Waals surface area contributed by atoms with Crippen molar-refractivity contribution >= 4 is 35.9 Å². The third-order valence-electron chi connectivity index (χ3n) is 3.62. The molecule has 0 bridgehead atoms. The molecular weight excluding hydrogens is 347 g/mol. The van der Waals surface area contributed by atoms with Crippen LogP contribution in [0.1, 0.15) is 31.1 Å². The third-order valence-corrected chi connectivity index (χ3v) is 4.49. The molecule has 2 rings (SSSR count). The van der Waals surface area contributed by atoms with E-state index in [9.17, 15) is 14.6 Å². The molecule has 1 aliphatic heterocycles. The molecule has 0 aliphatic carbocycles. The van der Waals surface area contributed by atoms with Gasteiger partial charge in [-0.1, -0.05) is 11.2 Å². The molecule has 1 aromatic rings. The predicted molar refractivity (Wildman–Crippen MR) is 93.2 cm³/mol. The van der Waals surface area contributed by atoms with Crippen molar-refractivity contribution in [3.8, 4) is 0 Å². The van der Waals surface area contributed by atoms with E-state index in [1.165, 1.54) is 18.3 Å². The van der Waals surface area contributed by atoms with Crippen molar-refractivity contribution in [2.24, 2.45) is 5.16 Å². The lowest BCUT2D eigenvalue weighted by molar-refractivity contribution is -0.119. The highest BCUT2D eigenvalue weighted by Crippen LogP contribution is 2.19. The number of oxime groups is 1. The molecule has 136 valence electrons. The zero-order chi connectivity index (χ0) is 18.2. The van der Waals surface area contributed by atoms with Crippen LogP contribution in [0.25, 0.3) is 0 Å². The number of thiophene rings is 1. The average molecular weight is 368 g/mol.